The molecule has 2 unspecified atom stereocenters. The van der Waals surface area contributed by atoms with Gasteiger partial charge in [-0.05, 0) is 42.0 Å². The Bertz CT molecular complexity index is 417. The van der Waals surface area contributed by atoms with E-state index < -0.39 is 0 Å². The highest BCUT2D eigenvalue weighted by atomic mass is 35.5. The van der Waals surface area contributed by atoms with Crippen LogP contribution in [0.1, 0.15) is 50.3 Å². The Labute approximate surface area is 121 Å². The van der Waals surface area contributed by atoms with E-state index in [1.807, 2.05) is 6.07 Å². The fraction of sp³-hybridized carbons (Fsp3) is 0.625. The summed E-state index contributed by atoms with van der Waals surface area (Å²) in [5, 5.41) is 14.5. The van der Waals surface area contributed by atoms with Crippen molar-refractivity contribution < 1.29 is 5.11 Å². The van der Waals surface area contributed by atoms with Crippen molar-refractivity contribution in [1.29, 1.82) is 0 Å². The molecule has 2 atom stereocenters. The van der Waals surface area contributed by atoms with Gasteiger partial charge in [-0.3, -0.25) is 0 Å². The third-order valence-electron chi connectivity index (χ3n) is 4.35. The van der Waals surface area contributed by atoms with Crippen LogP contribution < -0.4 is 5.32 Å². The predicted molar refractivity (Wildman–Crippen MR) is 80.6 cm³/mol. The molecule has 0 bridgehead atoms. The number of hydrogen-bond donors (Lipinski definition) is 2. The number of benzene rings is 1. The predicted octanol–water partition coefficient (Wildman–Crippen LogP) is 3.71. The quantitative estimate of drug-likeness (QED) is 0.833. The fourth-order valence-electron chi connectivity index (χ4n) is 3.06. The Morgan fingerprint density at radius 2 is 2.11 bits per heavy atom. The highest BCUT2D eigenvalue weighted by Gasteiger charge is 2.24. The van der Waals surface area contributed by atoms with Gasteiger partial charge in [-0.15, -0.1) is 0 Å². The van der Waals surface area contributed by atoms with E-state index in [9.17, 15) is 5.11 Å². The van der Waals surface area contributed by atoms with Crippen molar-refractivity contribution in [3.05, 3.63) is 34.3 Å². The molecule has 2 nitrogen and oxygen atoms in total. The lowest BCUT2D eigenvalue weighted by molar-refractivity contribution is 0.0983. The second kappa shape index (κ2) is 6.74. The van der Waals surface area contributed by atoms with Crippen LogP contribution in [0.15, 0.2) is 18.2 Å². The van der Waals surface area contributed by atoms with Crippen LogP contribution >= 0.6 is 11.6 Å². The number of aliphatic hydroxyl groups is 1. The van der Waals surface area contributed by atoms with E-state index in [0.717, 1.165) is 30.7 Å². The minimum atomic E-state index is -0.244. The maximum Gasteiger partial charge on any atom is 0.0692 e. The number of fused-ring (bicyclic) bond motifs is 1. The highest BCUT2D eigenvalue weighted by Crippen LogP contribution is 2.32. The zero-order valence-corrected chi connectivity index (χ0v) is 12.6. The van der Waals surface area contributed by atoms with Crippen LogP contribution in [0, 0.1) is 5.92 Å². The third-order valence-corrected chi connectivity index (χ3v) is 4.58. The number of nitrogens with one attached hydrogen (secondary N) is 1. The topological polar surface area (TPSA) is 32.3 Å². The Hall–Kier alpha value is -0.570. The van der Waals surface area contributed by atoms with Crippen molar-refractivity contribution in [2.45, 2.75) is 51.7 Å². The summed E-state index contributed by atoms with van der Waals surface area (Å²) in [6.07, 6.45) is 4.01. The van der Waals surface area contributed by atoms with Crippen molar-refractivity contribution >= 4 is 11.6 Å². The molecule has 0 radical (unpaired) electrons. The molecule has 0 saturated carbocycles. The number of hydrogen-bond acceptors (Lipinski definition) is 2. The Kier molecular flexibility index (Phi) is 5.26. The van der Waals surface area contributed by atoms with Gasteiger partial charge in [-0.1, -0.05) is 44.4 Å². The van der Waals surface area contributed by atoms with Gasteiger partial charge in [0.2, 0.25) is 0 Å². The first kappa shape index (κ1) is 14.8. The normalized spacial score (nSPS) is 19.7. The van der Waals surface area contributed by atoms with Gasteiger partial charge in [-0.2, -0.15) is 0 Å². The summed E-state index contributed by atoms with van der Waals surface area (Å²) in [5.41, 5.74) is 2.70. The lowest BCUT2D eigenvalue weighted by Gasteiger charge is -2.23. The van der Waals surface area contributed by atoms with Crippen LogP contribution in [0.4, 0.5) is 0 Å². The van der Waals surface area contributed by atoms with Crippen LogP contribution in [0.5, 0.6) is 0 Å². The van der Waals surface area contributed by atoms with Crippen LogP contribution in [0.25, 0.3) is 0 Å². The van der Waals surface area contributed by atoms with Crippen molar-refractivity contribution in [2.75, 3.05) is 6.54 Å². The lowest BCUT2D eigenvalue weighted by Crippen LogP contribution is -2.34. The molecule has 106 valence electrons. The van der Waals surface area contributed by atoms with E-state index in [1.165, 1.54) is 11.1 Å². The molecule has 19 heavy (non-hydrogen) atoms. The Morgan fingerprint density at radius 1 is 1.37 bits per heavy atom. The van der Waals surface area contributed by atoms with Crippen molar-refractivity contribution in [3.8, 4) is 0 Å². The first-order valence-corrected chi connectivity index (χ1v) is 7.73. The average molecular weight is 282 g/mol. The average Bonchev–Trinajstić information content (AvgIpc) is 2.80. The summed E-state index contributed by atoms with van der Waals surface area (Å²) in [4.78, 5) is 0. The smallest absolute Gasteiger partial charge is 0.0692 e. The molecule has 1 aromatic rings. The standard InChI is InChI=1S/C16H24ClNO/c1-3-11(4-2)16(19)10-18-15-8-5-12-9-13(17)6-7-14(12)15/h6-7,9,11,15-16,18-19H,3-5,8,10H2,1-2H3. The van der Waals surface area contributed by atoms with Gasteiger partial charge in [0.25, 0.3) is 0 Å². The molecule has 3 heteroatoms. The molecule has 2 rings (SSSR count). The summed E-state index contributed by atoms with van der Waals surface area (Å²) in [7, 11) is 0. The lowest BCUT2D eigenvalue weighted by atomic mass is 9.96. The van der Waals surface area contributed by atoms with Gasteiger partial charge < -0.3 is 10.4 Å². The van der Waals surface area contributed by atoms with E-state index >= 15 is 0 Å². The van der Waals surface area contributed by atoms with Crippen LogP contribution in [0.3, 0.4) is 0 Å². The van der Waals surface area contributed by atoms with E-state index in [-0.39, 0.29) is 6.10 Å². The molecular weight excluding hydrogens is 258 g/mol. The molecule has 2 N–H and O–H groups in total. The largest absolute Gasteiger partial charge is 0.392 e. The zero-order chi connectivity index (χ0) is 13.8. The summed E-state index contributed by atoms with van der Waals surface area (Å²) in [6.45, 7) is 4.97. The SMILES string of the molecule is CCC(CC)C(O)CNC1CCc2cc(Cl)ccc21. The van der Waals surface area contributed by atoms with Gasteiger partial charge in [-0.25, -0.2) is 0 Å². The molecular formula is C16H24ClNO. The number of halogens is 1. The number of aryl methyl sites for hydroxylation is 1. The monoisotopic (exact) mass is 281 g/mol. The zero-order valence-electron chi connectivity index (χ0n) is 11.8. The molecule has 0 fully saturated rings. The third kappa shape index (κ3) is 3.50. The summed E-state index contributed by atoms with van der Waals surface area (Å²) >= 11 is 6.02. The van der Waals surface area contributed by atoms with E-state index in [2.05, 4.69) is 31.3 Å². The summed E-state index contributed by atoms with van der Waals surface area (Å²) in [5.74, 6) is 0.401. The van der Waals surface area contributed by atoms with Crippen molar-refractivity contribution in [1.82, 2.24) is 5.32 Å². The molecule has 0 spiro atoms. The first-order valence-electron chi connectivity index (χ1n) is 7.35. The fourth-order valence-corrected chi connectivity index (χ4v) is 3.26. The van der Waals surface area contributed by atoms with Gasteiger partial charge in [0.15, 0.2) is 0 Å². The van der Waals surface area contributed by atoms with Gasteiger partial charge >= 0.3 is 0 Å². The summed E-state index contributed by atoms with van der Waals surface area (Å²) in [6, 6.07) is 6.51. The molecule has 1 aliphatic carbocycles. The van der Waals surface area contributed by atoms with E-state index in [0.29, 0.717) is 18.5 Å². The molecule has 0 amide bonds. The maximum atomic E-state index is 10.2. The Morgan fingerprint density at radius 3 is 2.79 bits per heavy atom. The van der Waals surface area contributed by atoms with Crippen LogP contribution in [-0.2, 0) is 6.42 Å². The van der Waals surface area contributed by atoms with Crippen LogP contribution in [0.2, 0.25) is 5.02 Å². The van der Waals surface area contributed by atoms with Gasteiger partial charge in [0, 0.05) is 17.6 Å². The number of rotatable bonds is 6. The molecule has 0 aliphatic heterocycles. The second-order valence-electron chi connectivity index (χ2n) is 5.49. The molecule has 0 saturated heterocycles. The highest BCUT2D eigenvalue weighted by molar-refractivity contribution is 6.30. The van der Waals surface area contributed by atoms with Crippen molar-refractivity contribution in [3.63, 3.8) is 0 Å². The molecule has 0 heterocycles. The van der Waals surface area contributed by atoms with E-state index in [4.69, 9.17) is 11.6 Å². The minimum Gasteiger partial charge on any atom is -0.392 e. The Balaban J connectivity index is 1.92. The van der Waals surface area contributed by atoms with Gasteiger partial charge in [0.05, 0.1) is 6.10 Å². The van der Waals surface area contributed by atoms with Gasteiger partial charge in [0.1, 0.15) is 0 Å². The summed E-state index contributed by atoms with van der Waals surface area (Å²) < 4.78 is 0. The van der Waals surface area contributed by atoms with Crippen LogP contribution in [-0.4, -0.2) is 17.8 Å². The molecule has 1 aromatic carbocycles. The molecule has 1 aliphatic rings. The van der Waals surface area contributed by atoms with Crippen molar-refractivity contribution in [2.24, 2.45) is 5.92 Å². The van der Waals surface area contributed by atoms with E-state index in [1.54, 1.807) is 0 Å². The first-order chi connectivity index (χ1) is 9.15. The second-order valence-corrected chi connectivity index (χ2v) is 5.92. The number of aliphatic hydroxyl groups excluding tert-OH is 1. The molecule has 0 aromatic heterocycles. The maximum absolute atomic E-state index is 10.2. The minimum absolute atomic E-state index is 0.244.